The van der Waals surface area contributed by atoms with Crippen molar-refractivity contribution in [1.82, 2.24) is 5.32 Å². The summed E-state index contributed by atoms with van der Waals surface area (Å²) in [6.07, 6.45) is 3.20. The average Bonchev–Trinajstić information content (AvgIpc) is 3.11. The fraction of sp³-hybridized carbons (Fsp3) is 0.409. The van der Waals surface area contributed by atoms with Gasteiger partial charge < -0.3 is 19.5 Å². The summed E-state index contributed by atoms with van der Waals surface area (Å²) in [6.45, 7) is 0.652. The Morgan fingerprint density at radius 3 is 2.59 bits per heavy atom. The predicted octanol–water partition coefficient (Wildman–Crippen LogP) is 3.49. The third-order valence-electron chi connectivity index (χ3n) is 5.17. The van der Waals surface area contributed by atoms with E-state index < -0.39 is 0 Å². The normalized spacial score (nSPS) is 15.1. The summed E-state index contributed by atoms with van der Waals surface area (Å²) in [4.78, 5) is 12.3. The van der Waals surface area contributed by atoms with Gasteiger partial charge in [-0.15, -0.1) is 0 Å². The van der Waals surface area contributed by atoms with Crippen LogP contribution in [0.2, 0.25) is 0 Å². The minimum absolute atomic E-state index is 0.0757. The first kappa shape index (κ1) is 19.1. The van der Waals surface area contributed by atoms with Crippen molar-refractivity contribution in [2.24, 2.45) is 0 Å². The molecular weight excluding hydrogens is 342 g/mol. The maximum atomic E-state index is 12.3. The zero-order valence-corrected chi connectivity index (χ0v) is 16.2. The highest BCUT2D eigenvalue weighted by Gasteiger charge is 2.25. The molecular formula is C22H27NO4. The van der Waals surface area contributed by atoms with Gasteiger partial charge in [0.15, 0.2) is 11.5 Å². The number of amides is 1. The molecule has 1 atom stereocenters. The van der Waals surface area contributed by atoms with Crippen LogP contribution in [0.4, 0.5) is 0 Å². The molecule has 1 aliphatic rings. The van der Waals surface area contributed by atoms with Crippen molar-refractivity contribution >= 4 is 5.91 Å². The Morgan fingerprint density at radius 2 is 1.85 bits per heavy atom. The quantitative estimate of drug-likeness (QED) is 0.774. The van der Waals surface area contributed by atoms with Crippen LogP contribution in [0.5, 0.6) is 17.2 Å². The van der Waals surface area contributed by atoms with Gasteiger partial charge in [0.05, 0.1) is 21.3 Å². The van der Waals surface area contributed by atoms with Gasteiger partial charge in [-0.1, -0.05) is 12.1 Å². The lowest BCUT2D eigenvalue weighted by atomic mass is 10.0. The highest BCUT2D eigenvalue weighted by atomic mass is 16.5. The fourth-order valence-electron chi connectivity index (χ4n) is 3.64. The van der Waals surface area contributed by atoms with Gasteiger partial charge in [-0.25, -0.2) is 0 Å². The van der Waals surface area contributed by atoms with Gasteiger partial charge in [0.1, 0.15) is 5.75 Å². The van der Waals surface area contributed by atoms with Gasteiger partial charge in [-0.2, -0.15) is 0 Å². The van der Waals surface area contributed by atoms with E-state index in [4.69, 9.17) is 14.2 Å². The molecule has 0 spiro atoms. The lowest BCUT2D eigenvalue weighted by Crippen LogP contribution is -2.27. The Bertz CT molecular complexity index is 803. The summed E-state index contributed by atoms with van der Waals surface area (Å²) in [5.41, 5.74) is 3.64. The lowest BCUT2D eigenvalue weighted by molar-refractivity contribution is -0.121. The minimum Gasteiger partial charge on any atom is -0.497 e. The monoisotopic (exact) mass is 369 g/mol. The highest BCUT2D eigenvalue weighted by molar-refractivity contribution is 5.76. The first-order valence-electron chi connectivity index (χ1n) is 9.29. The molecule has 0 heterocycles. The number of ether oxygens (including phenoxy) is 3. The van der Waals surface area contributed by atoms with Crippen LogP contribution in [0.1, 0.15) is 35.4 Å². The second-order valence-electron chi connectivity index (χ2n) is 6.80. The number of carbonyl (C=O) groups excluding carboxylic acids is 1. The molecule has 0 saturated heterocycles. The largest absolute Gasteiger partial charge is 0.497 e. The molecule has 0 bridgehead atoms. The molecule has 1 amide bonds. The van der Waals surface area contributed by atoms with E-state index in [9.17, 15) is 4.79 Å². The van der Waals surface area contributed by atoms with E-state index in [1.807, 2.05) is 30.3 Å². The molecule has 27 heavy (non-hydrogen) atoms. The number of carbonyl (C=O) groups is 1. The Hall–Kier alpha value is -2.69. The van der Waals surface area contributed by atoms with Crippen molar-refractivity contribution in [3.63, 3.8) is 0 Å². The Labute approximate surface area is 160 Å². The first-order chi connectivity index (χ1) is 13.1. The highest BCUT2D eigenvalue weighted by Crippen LogP contribution is 2.40. The van der Waals surface area contributed by atoms with Crippen LogP contribution in [0, 0.1) is 0 Å². The second kappa shape index (κ2) is 8.80. The number of rotatable bonds is 8. The number of hydrogen-bond acceptors (Lipinski definition) is 4. The fourth-order valence-corrected chi connectivity index (χ4v) is 3.64. The van der Waals surface area contributed by atoms with Gasteiger partial charge in [0, 0.05) is 18.9 Å². The SMILES string of the molecule is COc1cccc(CCC(=O)NCC2CCc3cc(OC)c(OC)cc32)c1. The van der Waals surface area contributed by atoms with Gasteiger partial charge in [0.25, 0.3) is 0 Å². The standard InChI is InChI=1S/C22H27NO4/c1-25-18-6-4-5-15(11-18)7-10-22(24)23-14-17-9-8-16-12-20(26-2)21(27-3)13-19(16)17/h4-6,11-13,17H,7-10,14H2,1-3H3,(H,23,24). The molecule has 0 fully saturated rings. The predicted molar refractivity (Wildman–Crippen MR) is 105 cm³/mol. The smallest absolute Gasteiger partial charge is 0.220 e. The number of fused-ring (bicyclic) bond motifs is 1. The molecule has 1 aliphatic carbocycles. The zero-order valence-electron chi connectivity index (χ0n) is 16.2. The van der Waals surface area contributed by atoms with Crippen molar-refractivity contribution in [1.29, 1.82) is 0 Å². The van der Waals surface area contributed by atoms with Crippen LogP contribution in [0.25, 0.3) is 0 Å². The van der Waals surface area contributed by atoms with Crippen molar-refractivity contribution in [3.8, 4) is 17.2 Å². The average molecular weight is 369 g/mol. The molecule has 2 aromatic carbocycles. The summed E-state index contributed by atoms with van der Waals surface area (Å²) in [6, 6.07) is 11.9. The van der Waals surface area contributed by atoms with Crippen molar-refractivity contribution in [2.45, 2.75) is 31.6 Å². The molecule has 0 aliphatic heterocycles. The van der Waals surface area contributed by atoms with Crippen molar-refractivity contribution in [3.05, 3.63) is 53.1 Å². The molecule has 144 valence electrons. The van der Waals surface area contributed by atoms with E-state index in [-0.39, 0.29) is 5.91 Å². The van der Waals surface area contributed by atoms with Crippen LogP contribution in [0.3, 0.4) is 0 Å². The number of nitrogens with one attached hydrogen (secondary N) is 1. The Kier molecular flexibility index (Phi) is 6.22. The third kappa shape index (κ3) is 4.54. The number of methoxy groups -OCH3 is 3. The molecule has 1 N–H and O–H groups in total. The summed E-state index contributed by atoms with van der Waals surface area (Å²) in [7, 11) is 4.95. The number of aryl methyl sites for hydroxylation is 2. The van der Waals surface area contributed by atoms with Gasteiger partial charge in [0.2, 0.25) is 5.91 Å². The molecule has 2 aromatic rings. The Morgan fingerprint density at radius 1 is 1.07 bits per heavy atom. The minimum atomic E-state index is 0.0757. The molecule has 3 rings (SSSR count). The first-order valence-corrected chi connectivity index (χ1v) is 9.29. The zero-order chi connectivity index (χ0) is 19.2. The maximum Gasteiger partial charge on any atom is 0.220 e. The number of hydrogen-bond donors (Lipinski definition) is 1. The Balaban J connectivity index is 1.54. The van der Waals surface area contributed by atoms with Crippen LogP contribution in [-0.2, 0) is 17.6 Å². The number of benzene rings is 2. The summed E-state index contributed by atoms with van der Waals surface area (Å²) in [5, 5.41) is 3.09. The van der Waals surface area contributed by atoms with Crippen molar-refractivity contribution in [2.75, 3.05) is 27.9 Å². The van der Waals surface area contributed by atoms with E-state index in [0.717, 1.165) is 35.7 Å². The van der Waals surface area contributed by atoms with Crippen LogP contribution in [0.15, 0.2) is 36.4 Å². The molecule has 1 unspecified atom stereocenters. The van der Waals surface area contributed by atoms with E-state index in [2.05, 4.69) is 11.4 Å². The van der Waals surface area contributed by atoms with E-state index in [1.165, 1.54) is 11.1 Å². The van der Waals surface area contributed by atoms with Gasteiger partial charge in [-0.05, 0) is 60.2 Å². The van der Waals surface area contributed by atoms with Crippen LogP contribution < -0.4 is 19.5 Å². The summed E-state index contributed by atoms with van der Waals surface area (Å²) >= 11 is 0. The van der Waals surface area contributed by atoms with E-state index in [0.29, 0.717) is 25.3 Å². The van der Waals surface area contributed by atoms with Crippen molar-refractivity contribution < 1.29 is 19.0 Å². The van der Waals surface area contributed by atoms with E-state index >= 15 is 0 Å². The molecule has 0 aromatic heterocycles. The molecule has 0 radical (unpaired) electrons. The third-order valence-corrected chi connectivity index (χ3v) is 5.17. The molecule has 5 nitrogen and oxygen atoms in total. The lowest BCUT2D eigenvalue weighted by Gasteiger charge is -2.15. The topological polar surface area (TPSA) is 56.8 Å². The summed E-state index contributed by atoms with van der Waals surface area (Å²) < 4.78 is 16.0. The second-order valence-corrected chi connectivity index (χ2v) is 6.80. The molecule has 5 heteroatoms. The maximum absolute atomic E-state index is 12.3. The summed E-state index contributed by atoms with van der Waals surface area (Å²) in [5.74, 6) is 2.72. The van der Waals surface area contributed by atoms with Gasteiger partial charge >= 0.3 is 0 Å². The van der Waals surface area contributed by atoms with Crippen LogP contribution >= 0.6 is 0 Å². The van der Waals surface area contributed by atoms with Crippen LogP contribution in [-0.4, -0.2) is 33.8 Å². The van der Waals surface area contributed by atoms with E-state index in [1.54, 1.807) is 21.3 Å². The van der Waals surface area contributed by atoms with Gasteiger partial charge in [-0.3, -0.25) is 4.79 Å². The molecule has 0 saturated carbocycles.